The van der Waals surface area contributed by atoms with Gasteiger partial charge >= 0.3 is 6.36 Å². The minimum absolute atomic E-state index is 0.183. The summed E-state index contributed by atoms with van der Waals surface area (Å²) in [7, 11) is 3.73. The fourth-order valence-electron chi connectivity index (χ4n) is 2.05. The highest BCUT2D eigenvalue weighted by Crippen LogP contribution is 2.35. The van der Waals surface area contributed by atoms with E-state index in [1.54, 1.807) is 17.1 Å². The van der Waals surface area contributed by atoms with Crippen LogP contribution in [0.5, 0.6) is 5.75 Å². The van der Waals surface area contributed by atoms with Crippen molar-refractivity contribution in [3.8, 4) is 5.75 Å². The molecule has 1 aliphatic rings. The number of hydrogen-bond donors (Lipinski definition) is 0. The van der Waals surface area contributed by atoms with Gasteiger partial charge in [-0.1, -0.05) is 12.1 Å². The number of benzene rings is 1. The fourth-order valence-corrected chi connectivity index (χ4v) is 2.05. The van der Waals surface area contributed by atoms with E-state index in [0.717, 1.165) is 24.1 Å². The summed E-state index contributed by atoms with van der Waals surface area (Å²) in [6.45, 7) is 0. The van der Waals surface area contributed by atoms with E-state index in [2.05, 4.69) is 9.84 Å². The third-order valence-electron chi connectivity index (χ3n) is 2.89. The molecule has 0 atom stereocenters. The molecule has 0 aliphatic heterocycles. The average molecular weight is 272 g/mol. The first kappa shape index (κ1) is 13.7. The molecule has 2 rings (SSSR count). The van der Waals surface area contributed by atoms with E-state index in [1.165, 1.54) is 12.1 Å². The van der Waals surface area contributed by atoms with Gasteiger partial charge in [-0.2, -0.15) is 5.10 Å². The lowest BCUT2D eigenvalue weighted by Crippen LogP contribution is -2.24. The molecule has 104 valence electrons. The number of alkyl halides is 3. The Labute approximate surface area is 109 Å². The Morgan fingerprint density at radius 2 is 1.74 bits per heavy atom. The monoisotopic (exact) mass is 272 g/mol. The largest absolute Gasteiger partial charge is 0.573 e. The molecule has 0 unspecified atom stereocenters. The van der Waals surface area contributed by atoms with Crippen LogP contribution < -0.4 is 4.74 Å². The fraction of sp³-hybridized carbons (Fsp3) is 0.462. The molecule has 0 radical (unpaired) electrons. The Bertz CT molecular complexity index is 458. The van der Waals surface area contributed by atoms with Gasteiger partial charge in [0.1, 0.15) is 5.75 Å². The highest BCUT2D eigenvalue weighted by Gasteiger charge is 2.31. The van der Waals surface area contributed by atoms with E-state index in [1.807, 2.05) is 14.1 Å². The van der Waals surface area contributed by atoms with Crippen molar-refractivity contribution in [2.45, 2.75) is 25.1 Å². The zero-order chi connectivity index (χ0) is 14.0. The van der Waals surface area contributed by atoms with Gasteiger partial charge in [-0.15, -0.1) is 13.2 Å². The number of halogens is 3. The molecule has 6 heteroatoms. The molecule has 1 aliphatic carbocycles. The molecule has 1 saturated carbocycles. The molecule has 0 bridgehead atoms. The van der Waals surface area contributed by atoms with Gasteiger partial charge in [-0.3, -0.25) is 0 Å². The van der Waals surface area contributed by atoms with E-state index in [4.69, 9.17) is 0 Å². The summed E-state index contributed by atoms with van der Waals surface area (Å²) >= 11 is 0. The predicted octanol–water partition coefficient (Wildman–Crippen LogP) is 3.38. The van der Waals surface area contributed by atoms with Crippen LogP contribution >= 0.6 is 0 Å². The second kappa shape index (κ2) is 5.11. The van der Waals surface area contributed by atoms with Gasteiger partial charge < -0.3 is 9.75 Å². The quantitative estimate of drug-likeness (QED) is 0.788. The van der Waals surface area contributed by atoms with Crippen LogP contribution in [-0.4, -0.2) is 31.2 Å². The summed E-state index contributed by atoms with van der Waals surface area (Å²) in [6.07, 6.45) is -2.92. The second-order valence-corrected chi connectivity index (χ2v) is 4.74. The molecular weight excluding hydrogens is 257 g/mol. The van der Waals surface area contributed by atoms with Crippen molar-refractivity contribution in [3.05, 3.63) is 29.8 Å². The summed E-state index contributed by atoms with van der Waals surface area (Å²) in [6, 6.07) is 6.06. The molecule has 1 aromatic carbocycles. The molecular formula is C13H15F3N2O. The number of nitrogens with zero attached hydrogens (tertiary/aromatic N) is 2. The van der Waals surface area contributed by atoms with E-state index >= 15 is 0 Å². The van der Waals surface area contributed by atoms with Crippen molar-refractivity contribution in [3.63, 3.8) is 0 Å². The number of hydrazone groups is 1. The molecule has 1 aromatic rings. The van der Waals surface area contributed by atoms with Gasteiger partial charge in [0.15, 0.2) is 0 Å². The molecule has 3 nitrogen and oxygen atoms in total. The Morgan fingerprint density at radius 1 is 1.16 bits per heavy atom. The van der Waals surface area contributed by atoms with Gasteiger partial charge in [-0.05, 0) is 36.5 Å². The zero-order valence-corrected chi connectivity index (χ0v) is 10.7. The van der Waals surface area contributed by atoms with E-state index in [0.29, 0.717) is 5.92 Å². The Hall–Kier alpha value is -1.72. The Morgan fingerprint density at radius 3 is 2.21 bits per heavy atom. The molecule has 0 heterocycles. The van der Waals surface area contributed by atoms with Crippen LogP contribution in [0.2, 0.25) is 0 Å². The predicted molar refractivity (Wildman–Crippen MR) is 66.2 cm³/mol. The highest BCUT2D eigenvalue weighted by atomic mass is 19.4. The van der Waals surface area contributed by atoms with Crippen molar-refractivity contribution in [2.24, 2.45) is 5.10 Å². The first-order chi connectivity index (χ1) is 8.83. The van der Waals surface area contributed by atoms with Crippen molar-refractivity contribution in [1.82, 2.24) is 5.01 Å². The van der Waals surface area contributed by atoms with Crippen molar-refractivity contribution in [2.75, 3.05) is 14.1 Å². The lowest BCUT2D eigenvalue weighted by molar-refractivity contribution is -0.274. The molecule has 0 amide bonds. The molecule has 1 fully saturated rings. The molecule has 0 aromatic heterocycles. The van der Waals surface area contributed by atoms with Gasteiger partial charge in [0.2, 0.25) is 0 Å². The van der Waals surface area contributed by atoms with Crippen LogP contribution in [0.3, 0.4) is 0 Å². The Kier molecular flexibility index (Phi) is 3.68. The van der Waals surface area contributed by atoms with Crippen molar-refractivity contribution in [1.29, 1.82) is 0 Å². The minimum Gasteiger partial charge on any atom is -0.406 e. The summed E-state index contributed by atoms with van der Waals surface area (Å²) in [5.74, 6) is 0.163. The molecule has 0 spiro atoms. The van der Waals surface area contributed by atoms with Gasteiger partial charge in [0, 0.05) is 19.8 Å². The normalized spacial score (nSPS) is 18.8. The lowest BCUT2D eigenvalue weighted by Gasteiger charge is -2.29. The molecule has 0 N–H and O–H groups in total. The third-order valence-corrected chi connectivity index (χ3v) is 2.89. The molecule has 0 saturated heterocycles. The maximum Gasteiger partial charge on any atom is 0.573 e. The summed E-state index contributed by atoms with van der Waals surface area (Å²) < 4.78 is 39.9. The number of hydrogen-bond acceptors (Lipinski definition) is 3. The zero-order valence-electron chi connectivity index (χ0n) is 10.7. The Balaban J connectivity index is 1.94. The maximum absolute atomic E-state index is 12.0. The van der Waals surface area contributed by atoms with E-state index < -0.39 is 6.36 Å². The first-order valence-electron chi connectivity index (χ1n) is 5.93. The van der Waals surface area contributed by atoms with Gasteiger partial charge in [-0.25, -0.2) is 0 Å². The standard InChI is InChI=1S/C13H15F3N2O/c1-18(2)17-11-7-10(8-11)9-3-5-12(6-4-9)19-13(14,15)16/h3-6,10H,7-8H2,1-2H3. The minimum atomic E-state index is -4.64. The van der Waals surface area contributed by atoms with E-state index in [-0.39, 0.29) is 5.75 Å². The van der Waals surface area contributed by atoms with Crippen LogP contribution in [0.4, 0.5) is 13.2 Å². The highest BCUT2D eigenvalue weighted by molar-refractivity contribution is 5.91. The summed E-state index contributed by atoms with van der Waals surface area (Å²) in [5.41, 5.74) is 2.14. The van der Waals surface area contributed by atoms with Crippen LogP contribution in [0.1, 0.15) is 24.3 Å². The second-order valence-electron chi connectivity index (χ2n) is 4.74. The molecule has 19 heavy (non-hydrogen) atoms. The topological polar surface area (TPSA) is 24.8 Å². The van der Waals surface area contributed by atoms with Crippen LogP contribution in [-0.2, 0) is 0 Å². The third kappa shape index (κ3) is 3.87. The van der Waals surface area contributed by atoms with Crippen molar-refractivity contribution >= 4 is 5.71 Å². The van der Waals surface area contributed by atoms with Gasteiger partial charge in [0.05, 0.1) is 0 Å². The average Bonchev–Trinajstić information content (AvgIpc) is 2.22. The maximum atomic E-state index is 12.0. The smallest absolute Gasteiger partial charge is 0.406 e. The van der Waals surface area contributed by atoms with Crippen LogP contribution in [0.15, 0.2) is 29.4 Å². The number of ether oxygens (including phenoxy) is 1. The lowest BCUT2D eigenvalue weighted by atomic mass is 9.78. The summed E-state index contributed by atoms with van der Waals surface area (Å²) in [5, 5.41) is 6.06. The first-order valence-corrected chi connectivity index (χ1v) is 5.93. The van der Waals surface area contributed by atoms with Gasteiger partial charge in [0.25, 0.3) is 0 Å². The van der Waals surface area contributed by atoms with Crippen molar-refractivity contribution < 1.29 is 17.9 Å². The van der Waals surface area contributed by atoms with Crippen LogP contribution in [0.25, 0.3) is 0 Å². The summed E-state index contributed by atoms with van der Waals surface area (Å²) in [4.78, 5) is 0. The van der Waals surface area contributed by atoms with E-state index in [9.17, 15) is 13.2 Å². The SMILES string of the molecule is CN(C)N=C1CC(c2ccc(OC(F)(F)F)cc2)C1. The van der Waals surface area contributed by atoms with Crippen LogP contribution in [0, 0.1) is 0 Å². The number of rotatable bonds is 3.